The number of ether oxygens (including phenoxy) is 1. The first-order valence-electron chi connectivity index (χ1n) is 6.51. The second kappa shape index (κ2) is 6.50. The van der Waals surface area contributed by atoms with Gasteiger partial charge in [-0.05, 0) is 42.8 Å². The van der Waals surface area contributed by atoms with Gasteiger partial charge < -0.3 is 15.8 Å². The van der Waals surface area contributed by atoms with E-state index in [2.05, 4.69) is 5.32 Å². The summed E-state index contributed by atoms with van der Waals surface area (Å²) in [7, 11) is 1.33. The van der Waals surface area contributed by atoms with Gasteiger partial charge in [0.25, 0.3) is 0 Å². The van der Waals surface area contributed by atoms with Crippen LogP contribution in [0.2, 0.25) is 5.02 Å². The number of hydrogen-bond donors (Lipinski definition) is 2. The molecule has 2 rings (SSSR count). The van der Waals surface area contributed by atoms with Gasteiger partial charge in [-0.15, -0.1) is 0 Å². The number of nitrogens with two attached hydrogens (primary N) is 1. The Hall–Kier alpha value is -2.20. The van der Waals surface area contributed by atoms with Crippen molar-refractivity contribution in [2.75, 3.05) is 18.2 Å². The molecular weight excluding hydrogens is 288 g/mol. The highest BCUT2D eigenvalue weighted by Gasteiger charge is 2.12. The number of methoxy groups -OCH3 is 1. The van der Waals surface area contributed by atoms with Gasteiger partial charge in [0.1, 0.15) is 0 Å². The Morgan fingerprint density at radius 3 is 2.52 bits per heavy atom. The van der Waals surface area contributed by atoms with E-state index in [9.17, 15) is 4.79 Å². The van der Waals surface area contributed by atoms with Crippen molar-refractivity contribution in [1.29, 1.82) is 0 Å². The van der Waals surface area contributed by atoms with Crippen molar-refractivity contribution in [2.45, 2.75) is 13.0 Å². The number of esters is 1. The zero-order chi connectivity index (χ0) is 15.4. The SMILES string of the molecule is COC(=O)c1cc(NC(C)c2ccc(Cl)cc2)ccc1N. The lowest BCUT2D eigenvalue weighted by atomic mass is 10.1. The van der Waals surface area contributed by atoms with E-state index in [0.717, 1.165) is 11.3 Å². The van der Waals surface area contributed by atoms with Crippen molar-refractivity contribution in [3.05, 3.63) is 58.6 Å². The van der Waals surface area contributed by atoms with Gasteiger partial charge in [0, 0.05) is 22.4 Å². The maximum atomic E-state index is 11.6. The number of halogens is 1. The molecule has 0 bridgehead atoms. The van der Waals surface area contributed by atoms with Crippen LogP contribution in [0.15, 0.2) is 42.5 Å². The van der Waals surface area contributed by atoms with Crippen LogP contribution in [0.25, 0.3) is 0 Å². The van der Waals surface area contributed by atoms with Crippen LogP contribution < -0.4 is 11.1 Å². The Morgan fingerprint density at radius 1 is 1.24 bits per heavy atom. The van der Waals surface area contributed by atoms with E-state index < -0.39 is 5.97 Å². The summed E-state index contributed by atoms with van der Waals surface area (Å²) in [5.74, 6) is -0.449. The standard InChI is InChI=1S/C16H17ClN2O2/c1-10(11-3-5-12(17)6-4-11)19-13-7-8-15(18)14(9-13)16(20)21-2/h3-10,19H,18H2,1-2H3. The van der Waals surface area contributed by atoms with Crippen molar-refractivity contribution in [1.82, 2.24) is 0 Å². The number of nitrogens with one attached hydrogen (secondary N) is 1. The highest BCUT2D eigenvalue weighted by atomic mass is 35.5. The molecule has 0 spiro atoms. The number of benzene rings is 2. The Kier molecular flexibility index (Phi) is 4.70. The summed E-state index contributed by atoms with van der Waals surface area (Å²) in [5.41, 5.74) is 8.42. The van der Waals surface area contributed by atoms with Crippen LogP contribution in [0.4, 0.5) is 11.4 Å². The Morgan fingerprint density at radius 2 is 1.90 bits per heavy atom. The number of carbonyl (C=O) groups is 1. The molecule has 2 aromatic rings. The summed E-state index contributed by atoms with van der Waals surface area (Å²) in [4.78, 5) is 11.6. The zero-order valence-electron chi connectivity index (χ0n) is 11.9. The van der Waals surface area contributed by atoms with Gasteiger partial charge in [-0.3, -0.25) is 0 Å². The zero-order valence-corrected chi connectivity index (χ0v) is 12.6. The quantitative estimate of drug-likeness (QED) is 0.664. The van der Waals surface area contributed by atoms with Crippen LogP contribution in [-0.4, -0.2) is 13.1 Å². The minimum Gasteiger partial charge on any atom is -0.465 e. The average Bonchev–Trinajstić information content (AvgIpc) is 2.49. The number of anilines is 2. The van der Waals surface area contributed by atoms with E-state index in [1.54, 1.807) is 12.1 Å². The molecule has 110 valence electrons. The second-order valence-electron chi connectivity index (χ2n) is 4.71. The van der Waals surface area contributed by atoms with Crippen molar-refractivity contribution in [2.24, 2.45) is 0 Å². The lowest BCUT2D eigenvalue weighted by Gasteiger charge is -2.17. The molecule has 0 aliphatic carbocycles. The summed E-state index contributed by atoms with van der Waals surface area (Å²) >= 11 is 5.88. The van der Waals surface area contributed by atoms with Crippen LogP contribution in [0.3, 0.4) is 0 Å². The number of rotatable bonds is 4. The first-order chi connectivity index (χ1) is 10.0. The van der Waals surface area contributed by atoms with Gasteiger partial charge in [0.15, 0.2) is 0 Å². The molecule has 1 atom stereocenters. The molecule has 0 saturated heterocycles. The third kappa shape index (κ3) is 3.67. The molecule has 21 heavy (non-hydrogen) atoms. The second-order valence-corrected chi connectivity index (χ2v) is 5.15. The number of nitrogen functional groups attached to an aromatic ring is 1. The van der Waals surface area contributed by atoms with Gasteiger partial charge in [0.05, 0.1) is 12.7 Å². The van der Waals surface area contributed by atoms with E-state index in [1.165, 1.54) is 7.11 Å². The van der Waals surface area contributed by atoms with Crippen molar-refractivity contribution in [3.8, 4) is 0 Å². The average molecular weight is 305 g/mol. The molecule has 4 nitrogen and oxygen atoms in total. The smallest absolute Gasteiger partial charge is 0.340 e. The van der Waals surface area contributed by atoms with Crippen molar-refractivity contribution < 1.29 is 9.53 Å². The van der Waals surface area contributed by atoms with E-state index in [1.807, 2.05) is 37.3 Å². The first kappa shape index (κ1) is 15.2. The molecular formula is C16H17ClN2O2. The molecule has 0 amide bonds. The molecule has 3 N–H and O–H groups in total. The lowest BCUT2D eigenvalue weighted by Crippen LogP contribution is -2.09. The van der Waals surface area contributed by atoms with E-state index in [4.69, 9.17) is 22.1 Å². The van der Waals surface area contributed by atoms with Crippen molar-refractivity contribution >= 4 is 28.9 Å². The van der Waals surface area contributed by atoms with E-state index in [-0.39, 0.29) is 6.04 Å². The lowest BCUT2D eigenvalue weighted by molar-refractivity contribution is 0.0602. The first-order valence-corrected chi connectivity index (χ1v) is 6.89. The summed E-state index contributed by atoms with van der Waals surface area (Å²) in [6.07, 6.45) is 0. The molecule has 5 heteroatoms. The Bertz CT molecular complexity index is 641. The Balaban J connectivity index is 2.19. The molecule has 1 unspecified atom stereocenters. The monoisotopic (exact) mass is 304 g/mol. The molecule has 0 radical (unpaired) electrons. The normalized spacial score (nSPS) is 11.8. The topological polar surface area (TPSA) is 64.3 Å². The fraction of sp³-hybridized carbons (Fsp3) is 0.188. The highest BCUT2D eigenvalue weighted by molar-refractivity contribution is 6.30. The van der Waals surface area contributed by atoms with Gasteiger partial charge in [0.2, 0.25) is 0 Å². The largest absolute Gasteiger partial charge is 0.465 e. The third-order valence-corrected chi connectivity index (χ3v) is 3.46. The summed E-state index contributed by atoms with van der Waals surface area (Å²) < 4.78 is 4.71. The minimum atomic E-state index is -0.449. The third-order valence-electron chi connectivity index (χ3n) is 3.21. The van der Waals surface area contributed by atoms with Gasteiger partial charge >= 0.3 is 5.97 Å². The fourth-order valence-corrected chi connectivity index (χ4v) is 2.14. The predicted molar refractivity (Wildman–Crippen MR) is 85.7 cm³/mol. The predicted octanol–water partition coefficient (Wildman–Crippen LogP) is 3.88. The summed E-state index contributed by atoms with van der Waals surface area (Å²) in [6, 6.07) is 12.9. The molecule has 0 aliphatic rings. The summed E-state index contributed by atoms with van der Waals surface area (Å²) in [5, 5.41) is 4.02. The number of carbonyl (C=O) groups excluding carboxylic acids is 1. The molecule has 0 aliphatic heterocycles. The molecule has 0 aromatic heterocycles. The fourth-order valence-electron chi connectivity index (χ4n) is 2.02. The molecule has 0 fully saturated rings. The Labute approximate surface area is 128 Å². The van der Waals surface area contributed by atoms with Gasteiger partial charge in [-0.1, -0.05) is 23.7 Å². The van der Waals surface area contributed by atoms with Crippen molar-refractivity contribution in [3.63, 3.8) is 0 Å². The van der Waals surface area contributed by atoms with Crippen LogP contribution in [-0.2, 0) is 4.74 Å². The molecule has 0 heterocycles. The van der Waals surface area contributed by atoms with Crippen LogP contribution in [0.1, 0.15) is 28.9 Å². The maximum Gasteiger partial charge on any atom is 0.340 e. The van der Waals surface area contributed by atoms with Crippen LogP contribution in [0.5, 0.6) is 0 Å². The molecule has 2 aromatic carbocycles. The van der Waals surface area contributed by atoms with Crippen LogP contribution in [0, 0.1) is 0 Å². The van der Waals surface area contributed by atoms with E-state index >= 15 is 0 Å². The van der Waals surface area contributed by atoms with Gasteiger partial charge in [-0.2, -0.15) is 0 Å². The maximum absolute atomic E-state index is 11.6. The van der Waals surface area contributed by atoms with Gasteiger partial charge in [-0.25, -0.2) is 4.79 Å². The van der Waals surface area contributed by atoms with Crippen LogP contribution >= 0.6 is 11.6 Å². The molecule has 0 saturated carbocycles. The van der Waals surface area contributed by atoms with E-state index in [0.29, 0.717) is 16.3 Å². The minimum absolute atomic E-state index is 0.0661. The highest BCUT2D eigenvalue weighted by Crippen LogP contribution is 2.24. The summed E-state index contributed by atoms with van der Waals surface area (Å²) in [6.45, 7) is 2.03. The number of hydrogen-bond acceptors (Lipinski definition) is 4.